The Hall–Kier alpha value is -3.76. The number of rotatable bonds is 75. The molecule has 0 fully saturated rings. The van der Waals surface area contributed by atoms with Crippen molar-refractivity contribution in [1.29, 1.82) is 0 Å². The average Bonchev–Trinajstić information content (AvgIpc) is 1.01. The minimum Gasteiger partial charge on any atom is -0.462 e. The number of aliphatic hydroxyl groups excluding tert-OH is 1. The minimum absolute atomic E-state index is 0.0772. The molecule has 0 radical (unpaired) electrons. The number of phosphoric acid groups is 2. The number of hydrogen-bond donors (Lipinski definition) is 3. The number of esters is 4. The Kier molecular flexibility index (Phi) is 70.8. The summed E-state index contributed by atoms with van der Waals surface area (Å²) in [6.45, 7) is 4.71. The van der Waals surface area contributed by atoms with E-state index in [1.807, 2.05) is 0 Å². The molecular formula is C81H144O17P2. The van der Waals surface area contributed by atoms with Crippen molar-refractivity contribution < 1.29 is 80.2 Å². The van der Waals surface area contributed by atoms with Crippen LogP contribution in [0.3, 0.4) is 0 Å². The molecule has 17 nitrogen and oxygen atoms in total. The van der Waals surface area contributed by atoms with Gasteiger partial charge in [-0.3, -0.25) is 37.3 Å². The Balaban J connectivity index is 5.38. The molecule has 0 aromatic carbocycles. The summed E-state index contributed by atoms with van der Waals surface area (Å²) in [5.74, 6) is -2.22. The van der Waals surface area contributed by atoms with Gasteiger partial charge >= 0.3 is 39.5 Å². The molecule has 0 saturated heterocycles. The maximum atomic E-state index is 13.1. The van der Waals surface area contributed by atoms with Crippen LogP contribution >= 0.6 is 15.6 Å². The number of aliphatic hydroxyl groups is 1. The Bertz CT molecular complexity index is 2230. The molecule has 0 spiro atoms. The molecule has 100 heavy (non-hydrogen) atoms. The van der Waals surface area contributed by atoms with Gasteiger partial charge in [-0.1, -0.05) is 286 Å². The van der Waals surface area contributed by atoms with Crippen LogP contribution in [0, 0.1) is 0 Å². The Morgan fingerprint density at radius 2 is 0.520 bits per heavy atom. The number of ether oxygens (including phenoxy) is 4. The molecule has 5 unspecified atom stereocenters. The second-order valence-electron chi connectivity index (χ2n) is 26.6. The third-order valence-electron chi connectivity index (χ3n) is 16.8. The van der Waals surface area contributed by atoms with Gasteiger partial charge in [-0.2, -0.15) is 0 Å². The quantitative estimate of drug-likeness (QED) is 0.0169. The van der Waals surface area contributed by atoms with Crippen molar-refractivity contribution in [2.75, 3.05) is 39.6 Å². The lowest BCUT2D eigenvalue weighted by atomic mass is 10.0. The van der Waals surface area contributed by atoms with E-state index >= 15 is 0 Å². The van der Waals surface area contributed by atoms with Crippen molar-refractivity contribution in [2.24, 2.45) is 0 Å². The second kappa shape index (κ2) is 73.5. The summed E-state index contributed by atoms with van der Waals surface area (Å²) in [7, 11) is -9.96. The van der Waals surface area contributed by atoms with Crippen LogP contribution in [0.4, 0.5) is 0 Å². The van der Waals surface area contributed by atoms with Gasteiger partial charge in [0.25, 0.3) is 0 Å². The van der Waals surface area contributed by atoms with Crippen LogP contribution in [0.25, 0.3) is 0 Å². The predicted octanol–water partition coefficient (Wildman–Crippen LogP) is 23.0. The number of phosphoric ester groups is 2. The Labute approximate surface area is 608 Å². The lowest BCUT2D eigenvalue weighted by molar-refractivity contribution is -0.161. The van der Waals surface area contributed by atoms with Crippen molar-refractivity contribution in [3.63, 3.8) is 0 Å². The summed E-state index contributed by atoms with van der Waals surface area (Å²) in [5.41, 5.74) is 0. The smallest absolute Gasteiger partial charge is 0.462 e. The molecule has 0 rings (SSSR count). The first-order valence-electron chi connectivity index (χ1n) is 39.8. The SMILES string of the molecule is CC/C=C\C/C=C\C/C=C\C/C=C\CCCCC(=O)OCC(COP(=O)(O)OCC(O)COP(=O)(O)OCC(COC(=O)CCCCCCC/C=C\C/C=C\CCCCC)OC(=O)CCCCCCCCCCCCCCCCC)OC(=O)CCCCCCC/C=C\CCCCCCCC. The number of hydrogen-bond acceptors (Lipinski definition) is 15. The summed E-state index contributed by atoms with van der Waals surface area (Å²) in [4.78, 5) is 73.0. The van der Waals surface area contributed by atoms with Gasteiger partial charge in [-0.15, -0.1) is 0 Å². The number of allylic oxidation sites excluding steroid dienone is 14. The molecule has 3 N–H and O–H groups in total. The summed E-state index contributed by atoms with van der Waals surface area (Å²) in [6.07, 6.45) is 75.6. The fourth-order valence-corrected chi connectivity index (χ4v) is 12.3. The van der Waals surface area contributed by atoms with Crippen LogP contribution in [-0.4, -0.2) is 96.7 Å². The van der Waals surface area contributed by atoms with E-state index in [0.717, 1.165) is 148 Å². The average molecular weight is 1450 g/mol. The van der Waals surface area contributed by atoms with Gasteiger partial charge in [0.05, 0.1) is 26.4 Å². The van der Waals surface area contributed by atoms with Crippen LogP contribution in [-0.2, 0) is 65.4 Å². The summed E-state index contributed by atoms with van der Waals surface area (Å²) < 4.78 is 68.5. The standard InChI is InChI=1S/C81H144O17P2/c1-5-9-13-17-21-25-29-33-37-41-45-49-53-57-61-65-78(83)91-71-76(97-80(85)67-63-59-55-51-47-43-39-35-31-27-23-19-15-11-7-3)73-95-99(87,88)93-69-75(82)70-94-100(89,90)96-74-77(98-81(86)68-64-60-56-52-48-44-40-36-32-28-24-20-16-12-8-4)72-92-79(84)66-62-58-54-50-46-42-38-34-30-26-22-18-14-10-6-2/h9,13,21-22,25-26,33-35,37-39,45,49,75-77,82H,5-8,10-12,14-20,23-24,27-32,36,40-44,46-48,50-74H2,1-4H3,(H,87,88)(H,89,90)/b13-9-,25-21-,26-22-,37-33-,38-34-,39-35-,49-45-. The predicted molar refractivity (Wildman–Crippen MR) is 409 cm³/mol. The van der Waals surface area contributed by atoms with E-state index in [0.29, 0.717) is 25.7 Å². The topological polar surface area (TPSA) is 237 Å². The van der Waals surface area contributed by atoms with E-state index in [2.05, 4.69) is 113 Å². The zero-order chi connectivity index (χ0) is 73.2. The Morgan fingerprint density at radius 1 is 0.290 bits per heavy atom. The molecule has 0 aliphatic heterocycles. The molecule has 580 valence electrons. The maximum absolute atomic E-state index is 13.1. The lowest BCUT2D eigenvalue weighted by Gasteiger charge is -2.21. The monoisotopic (exact) mass is 1450 g/mol. The van der Waals surface area contributed by atoms with E-state index in [1.54, 1.807) is 0 Å². The van der Waals surface area contributed by atoms with Gasteiger partial charge in [-0.05, 0) is 122 Å². The molecule has 19 heteroatoms. The summed E-state index contributed by atoms with van der Waals surface area (Å²) in [6, 6.07) is 0. The third kappa shape index (κ3) is 72.6. The highest BCUT2D eigenvalue weighted by Gasteiger charge is 2.30. The van der Waals surface area contributed by atoms with E-state index in [9.17, 15) is 43.2 Å². The maximum Gasteiger partial charge on any atom is 0.472 e. The van der Waals surface area contributed by atoms with Gasteiger partial charge in [0, 0.05) is 25.7 Å². The zero-order valence-corrected chi connectivity index (χ0v) is 65.2. The summed E-state index contributed by atoms with van der Waals surface area (Å²) in [5, 5.41) is 10.6. The fraction of sp³-hybridized carbons (Fsp3) is 0.778. The third-order valence-corrected chi connectivity index (χ3v) is 18.7. The van der Waals surface area contributed by atoms with Crippen molar-refractivity contribution in [1.82, 2.24) is 0 Å². The van der Waals surface area contributed by atoms with Crippen LogP contribution in [0.5, 0.6) is 0 Å². The number of carbonyl (C=O) groups is 4. The van der Waals surface area contributed by atoms with Gasteiger partial charge in [0.15, 0.2) is 12.2 Å². The van der Waals surface area contributed by atoms with Crippen LogP contribution in [0.1, 0.15) is 349 Å². The molecule has 0 aliphatic carbocycles. The minimum atomic E-state index is -4.98. The molecular weight excluding hydrogens is 1310 g/mol. The van der Waals surface area contributed by atoms with Crippen molar-refractivity contribution in [3.8, 4) is 0 Å². The molecule has 5 atom stereocenters. The van der Waals surface area contributed by atoms with Gasteiger partial charge < -0.3 is 33.8 Å². The fourth-order valence-electron chi connectivity index (χ4n) is 10.8. The van der Waals surface area contributed by atoms with Gasteiger partial charge in [-0.25, -0.2) is 9.13 Å². The van der Waals surface area contributed by atoms with Gasteiger partial charge in [0.2, 0.25) is 0 Å². The highest BCUT2D eigenvalue weighted by atomic mass is 31.2. The lowest BCUT2D eigenvalue weighted by Crippen LogP contribution is -2.30. The van der Waals surface area contributed by atoms with Crippen LogP contribution in [0.15, 0.2) is 85.1 Å². The number of carbonyl (C=O) groups excluding carboxylic acids is 4. The van der Waals surface area contributed by atoms with Crippen molar-refractivity contribution in [3.05, 3.63) is 85.1 Å². The van der Waals surface area contributed by atoms with Crippen LogP contribution < -0.4 is 0 Å². The number of unbranched alkanes of at least 4 members (excludes halogenated alkanes) is 35. The highest BCUT2D eigenvalue weighted by molar-refractivity contribution is 7.47. The molecule has 0 heterocycles. The first kappa shape index (κ1) is 96.2. The van der Waals surface area contributed by atoms with Crippen LogP contribution in [0.2, 0.25) is 0 Å². The largest absolute Gasteiger partial charge is 0.472 e. The molecule has 0 saturated carbocycles. The van der Waals surface area contributed by atoms with Crippen molar-refractivity contribution >= 4 is 39.5 Å². The second-order valence-corrected chi connectivity index (χ2v) is 29.5. The normalized spacial score (nSPS) is 14.3. The molecule has 0 aromatic heterocycles. The van der Waals surface area contributed by atoms with Gasteiger partial charge in [0.1, 0.15) is 19.3 Å². The molecule has 0 aromatic rings. The first-order chi connectivity index (χ1) is 48.7. The highest BCUT2D eigenvalue weighted by Crippen LogP contribution is 2.45. The van der Waals surface area contributed by atoms with E-state index in [1.165, 1.54) is 122 Å². The molecule has 0 bridgehead atoms. The molecule has 0 aliphatic rings. The Morgan fingerprint density at radius 3 is 0.850 bits per heavy atom. The van der Waals surface area contributed by atoms with E-state index in [-0.39, 0.29) is 25.7 Å². The van der Waals surface area contributed by atoms with E-state index in [4.69, 9.17) is 37.0 Å². The zero-order valence-electron chi connectivity index (χ0n) is 63.4. The van der Waals surface area contributed by atoms with E-state index < -0.39 is 97.5 Å². The first-order valence-corrected chi connectivity index (χ1v) is 42.8. The summed E-state index contributed by atoms with van der Waals surface area (Å²) >= 11 is 0. The van der Waals surface area contributed by atoms with Crippen molar-refractivity contribution in [2.45, 2.75) is 367 Å². The molecule has 0 amide bonds.